The molecule has 4 rings (SSSR count). The average Bonchev–Trinajstić information content (AvgIpc) is 3.41. The molecule has 0 saturated heterocycles. The summed E-state index contributed by atoms with van der Waals surface area (Å²) in [5.41, 5.74) is 1.82. The molecule has 2 aromatic heterocycles. The lowest BCUT2D eigenvalue weighted by atomic mass is 10.1. The molecule has 2 aliphatic carbocycles. The molecule has 1 amide bonds. The summed E-state index contributed by atoms with van der Waals surface area (Å²) in [6.07, 6.45) is 7.74. The topological polar surface area (TPSA) is 83.6 Å². The maximum atomic E-state index is 12.9. The van der Waals surface area contributed by atoms with Crippen molar-refractivity contribution in [2.45, 2.75) is 88.1 Å². The van der Waals surface area contributed by atoms with Crippen molar-refractivity contribution < 1.29 is 4.79 Å². The van der Waals surface area contributed by atoms with Gasteiger partial charge in [0, 0.05) is 16.8 Å². The molecule has 6 nitrogen and oxygen atoms in total. The highest BCUT2D eigenvalue weighted by Crippen LogP contribution is 2.41. The van der Waals surface area contributed by atoms with E-state index < -0.39 is 0 Å². The van der Waals surface area contributed by atoms with E-state index in [9.17, 15) is 10.1 Å². The fourth-order valence-electron chi connectivity index (χ4n) is 3.81. The van der Waals surface area contributed by atoms with Crippen molar-refractivity contribution in [1.82, 2.24) is 14.8 Å². The number of fused-ring (bicyclic) bond motifs is 1. The van der Waals surface area contributed by atoms with Crippen LogP contribution in [0.1, 0.15) is 86.7 Å². The van der Waals surface area contributed by atoms with Gasteiger partial charge in [-0.05, 0) is 51.0 Å². The predicted molar refractivity (Wildman–Crippen MR) is 117 cm³/mol. The van der Waals surface area contributed by atoms with Crippen LogP contribution in [0.2, 0.25) is 0 Å². The Morgan fingerprint density at radius 1 is 1.24 bits per heavy atom. The number of anilines is 1. The van der Waals surface area contributed by atoms with Crippen molar-refractivity contribution in [3.63, 3.8) is 0 Å². The Hall–Kier alpha value is -1.85. The SMILES string of the molecule is CC(Sc1nnc(C(C)C)n1C1CC1)C(=O)Nc1sc2c(c1C#N)CCCCC2. The Morgan fingerprint density at radius 3 is 2.69 bits per heavy atom. The van der Waals surface area contributed by atoms with Gasteiger partial charge >= 0.3 is 0 Å². The van der Waals surface area contributed by atoms with Gasteiger partial charge in [-0.15, -0.1) is 21.5 Å². The Balaban J connectivity index is 1.49. The number of thiophene rings is 1. The number of nitriles is 1. The summed E-state index contributed by atoms with van der Waals surface area (Å²) in [6, 6.07) is 2.81. The highest BCUT2D eigenvalue weighted by atomic mass is 32.2. The van der Waals surface area contributed by atoms with Crippen molar-refractivity contribution in [2.75, 3.05) is 5.32 Å². The zero-order valence-corrected chi connectivity index (χ0v) is 18.8. The lowest BCUT2D eigenvalue weighted by Gasteiger charge is -2.14. The molecule has 0 bridgehead atoms. The number of thioether (sulfide) groups is 1. The quantitative estimate of drug-likeness (QED) is 0.513. The van der Waals surface area contributed by atoms with Crippen LogP contribution in [-0.4, -0.2) is 25.9 Å². The molecule has 1 N–H and O–H groups in total. The normalized spacial score (nSPS) is 17.5. The van der Waals surface area contributed by atoms with Crippen LogP contribution in [-0.2, 0) is 17.6 Å². The van der Waals surface area contributed by atoms with E-state index in [0.717, 1.165) is 55.1 Å². The van der Waals surface area contributed by atoms with Gasteiger partial charge in [-0.25, -0.2) is 0 Å². The molecule has 0 aromatic carbocycles. The van der Waals surface area contributed by atoms with Gasteiger partial charge in [0.1, 0.15) is 16.9 Å². The first kappa shape index (κ1) is 20.4. The molecule has 2 aliphatic rings. The lowest BCUT2D eigenvalue weighted by molar-refractivity contribution is -0.115. The number of hydrogen-bond acceptors (Lipinski definition) is 6. The fourth-order valence-corrected chi connectivity index (χ4v) is 5.98. The van der Waals surface area contributed by atoms with Crippen LogP contribution in [0.4, 0.5) is 5.00 Å². The summed E-state index contributed by atoms with van der Waals surface area (Å²) in [7, 11) is 0. The first-order valence-electron chi connectivity index (χ1n) is 10.5. The molecule has 2 aromatic rings. The monoisotopic (exact) mass is 429 g/mol. The highest BCUT2D eigenvalue weighted by Gasteiger charge is 2.32. The van der Waals surface area contributed by atoms with Gasteiger partial charge < -0.3 is 9.88 Å². The van der Waals surface area contributed by atoms with Crippen molar-refractivity contribution >= 4 is 34.0 Å². The molecule has 1 saturated carbocycles. The number of amides is 1. The summed E-state index contributed by atoms with van der Waals surface area (Å²) in [5, 5.41) is 22.7. The van der Waals surface area contributed by atoms with Crippen molar-refractivity contribution in [2.24, 2.45) is 0 Å². The number of carbonyl (C=O) groups excluding carboxylic acids is 1. The average molecular weight is 430 g/mol. The van der Waals surface area contributed by atoms with Gasteiger partial charge in [-0.3, -0.25) is 4.79 Å². The number of carbonyl (C=O) groups is 1. The standard InChI is InChI=1S/C21H27N5OS2/c1-12(2)18-24-25-21(26(18)14-9-10-14)28-13(3)19(27)23-20-16(11-22)15-7-5-4-6-8-17(15)29-20/h12-14H,4-10H2,1-3H3,(H,23,27). The number of aromatic nitrogens is 3. The minimum atomic E-state index is -0.315. The molecule has 8 heteroatoms. The van der Waals surface area contributed by atoms with Gasteiger partial charge in [0.05, 0.1) is 10.8 Å². The number of aryl methyl sites for hydroxylation is 1. The summed E-state index contributed by atoms with van der Waals surface area (Å²) < 4.78 is 2.22. The molecule has 0 radical (unpaired) electrons. The molecule has 1 fully saturated rings. The first-order valence-corrected chi connectivity index (χ1v) is 12.2. The number of rotatable bonds is 6. The zero-order chi connectivity index (χ0) is 20.5. The second kappa shape index (κ2) is 8.49. The van der Waals surface area contributed by atoms with Crippen molar-refractivity contribution in [1.29, 1.82) is 5.26 Å². The third kappa shape index (κ3) is 4.22. The largest absolute Gasteiger partial charge is 0.316 e. The van der Waals surface area contributed by atoms with Gasteiger partial charge in [-0.1, -0.05) is 32.0 Å². The minimum Gasteiger partial charge on any atom is -0.316 e. The van der Waals surface area contributed by atoms with E-state index in [2.05, 4.69) is 40.0 Å². The van der Waals surface area contributed by atoms with Gasteiger partial charge in [-0.2, -0.15) is 5.26 Å². The second-order valence-corrected chi connectivity index (χ2v) is 10.6. The smallest absolute Gasteiger partial charge is 0.238 e. The van der Waals surface area contributed by atoms with Crippen LogP contribution in [0.3, 0.4) is 0 Å². The van der Waals surface area contributed by atoms with Gasteiger partial charge in [0.2, 0.25) is 5.91 Å². The molecular formula is C21H27N5OS2. The van der Waals surface area contributed by atoms with Crippen LogP contribution in [0.25, 0.3) is 0 Å². The van der Waals surface area contributed by atoms with Gasteiger partial charge in [0.25, 0.3) is 0 Å². The molecule has 154 valence electrons. The van der Waals surface area contributed by atoms with E-state index in [1.54, 1.807) is 11.3 Å². The van der Waals surface area contributed by atoms with Crippen molar-refractivity contribution in [3.05, 3.63) is 21.8 Å². The molecule has 0 spiro atoms. The second-order valence-electron chi connectivity index (χ2n) is 8.23. The Bertz CT molecular complexity index is 951. The Morgan fingerprint density at radius 2 is 2.00 bits per heavy atom. The van der Waals surface area contributed by atoms with E-state index in [-0.39, 0.29) is 11.2 Å². The van der Waals surface area contributed by atoms with E-state index in [0.29, 0.717) is 22.5 Å². The van der Waals surface area contributed by atoms with E-state index in [4.69, 9.17) is 0 Å². The van der Waals surface area contributed by atoms with Crippen LogP contribution >= 0.6 is 23.1 Å². The van der Waals surface area contributed by atoms with Crippen LogP contribution < -0.4 is 5.32 Å². The molecular weight excluding hydrogens is 402 g/mol. The Labute approximate surface area is 180 Å². The van der Waals surface area contributed by atoms with E-state index >= 15 is 0 Å². The summed E-state index contributed by atoms with van der Waals surface area (Å²) >= 11 is 3.04. The third-order valence-corrected chi connectivity index (χ3v) is 7.80. The number of nitrogens with one attached hydrogen (secondary N) is 1. The van der Waals surface area contributed by atoms with Crippen LogP contribution in [0.15, 0.2) is 5.16 Å². The van der Waals surface area contributed by atoms with Crippen LogP contribution in [0, 0.1) is 11.3 Å². The van der Waals surface area contributed by atoms with Gasteiger partial charge in [0.15, 0.2) is 5.16 Å². The maximum absolute atomic E-state index is 12.9. The summed E-state index contributed by atoms with van der Waals surface area (Å²) in [5.74, 6) is 1.22. The molecule has 29 heavy (non-hydrogen) atoms. The predicted octanol–water partition coefficient (Wildman–Crippen LogP) is 5.06. The number of hydrogen-bond donors (Lipinski definition) is 1. The fraction of sp³-hybridized carbons (Fsp3) is 0.619. The molecule has 2 heterocycles. The minimum absolute atomic E-state index is 0.0839. The highest BCUT2D eigenvalue weighted by molar-refractivity contribution is 8.00. The number of nitrogens with zero attached hydrogens (tertiary/aromatic N) is 4. The zero-order valence-electron chi connectivity index (χ0n) is 17.2. The van der Waals surface area contributed by atoms with E-state index in [1.807, 2.05) is 6.92 Å². The lowest BCUT2D eigenvalue weighted by Crippen LogP contribution is -2.23. The third-order valence-electron chi connectivity index (χ3n) is 5.54. The van der Waals surface area contributed by atoms with E-state index in [1.165, 1.54) is 23.1 Å². The summed E-state index contributed by atoms with van der Waals surface area (Å²) in [4.78, 5) is 14.2. The van der Waals surface area contributed by atoms with Crippen molar-refractivity contribution in [3.8, 4) is 6.07 Å². The first-order chi connectivity index (χ1) is 14.0. The molecule has 1 unspecified atom stereocenters. The molecule has 0 aliphatic heterocycles. The summed E-state index contributed by atoms with van der Waals surface area (Å²) in [6.45, 7) is 6.14. The van der Waals surface area contributed by atoms with Crippen LogP contribution in [0.5, 0.6) is 0 Å². The molecule has 1 atom stereocenters. The maximum Gasteiger partial charge on any atom is 0.238 e. The Kier molecular flexibility index (Phi) is 5.98.